The summed E-state index contributed by atoms with van der Waals surface area (Å²) in [5, 5.41) is 3.34. The van der Waals surface area contributed by atoms with Crippen LogP contribution in [0.25, 0.3) is 0 Å². The lowest BCUT2D eigenvalue weighted by Crippen LogP contribution is -2.13. The molecule has 2 aromatic rings. The molecule has 0 aliphatic carbocycles. The van der Waals surface area contributed by atoms with Crippen LogP contribution in [0.3, 0.4) is 0 Å². The van der Waals surface area contributed by atoms with Gasteiger partial charge in [-0.3, -0.25) is 4.72 Å². The van der Waals surface area contributed by atoms with Gasteiger partial charge >= 0.3 is 0 Å². The van der Waals surface area contributed by atoms with Crippen molar-refractivity contribution in [2.75, 3.05) is 16.6 Å². The third kappa shape index (κ3) is 5.78. The molecule has 0 unspecified atom stereocenters. The van der Waals surface area contributed by atoms with Crippen molar-refractivity contribution in [1.29, 1.82) is 0 Å². The molecule has 136 valence electrons. The molecular weight excluding hydrogens is 332 g/mol. The third-order valence-electron chi connectivity index (χ3n) is 4.04. The van der Waals surface area contributed by atoms with E-state index in [4.69, 9.17) is 0 Å². The van der Waals surface area contributed by atoms with Crippen molar-refractivity contribution in [2.45, 2.75) is 44.9 Å². The highest BCUT2D eigenvalue weighted by molar-refractivity contribution is 7.92. The number of rotatable bonds is 8. The van der Waals surface area contributed by atoms with Crippen LogP contribution in [0.1, 0.15) is 45.6 Å². The molecule has 0 aliphatic heterocycles. The van der Waals surface area contributed by atoms with Crippen LogP contribution in [0.15, 0.2) is 53.4 Å². The highest BCUT2D eigenvalue weighted by Gasteiger charge is 2.14. The van der Waals surface area contributed by atoms with Gasteiger partial charge in [-0.05, 0) is 60.2 Å². The van der Waals surface area contributed by atoms with E-state index in [1.807, 2.05) is 24.3 Å². The van der Waals surface area contributed by atoms with Gasteiger partial charge in [0.05, 0.1) is 4.90 Å². The zero-order valence-electron chi connectivity index (χ0n) is 15.4. The first-order chi connectivity index (χ1) is 11.8. The summed E-state index contributed by atoms with van der Waals surface area (Å²) in [6.07, 6.45) is 1.10. The van der Waals surface area contributed by atoms with Gasteiger partial charge in [-0.25, -0.2) is 8.42 Å². The molecular formula is C20H28N2O2S. The van der Waals surface area contributed by atoms with Gasteiger partial charge < -0.3 is 5.32 Å². The smallest absolute Gasteiger partial charge is 0.261 e. The molecule has 0 aromatic heterocycles. The number of sulfonamides is 1. The van der Waals surface area contributed by atoms with Gasteiger partial charge in [-0.2, -0.15) is 0 Å². The molecule has 0 saturated heterocycles. The number of nitrogens with one attached hydrogen (secondary N) is 2. The lowest BCUT2D eigenvalue weighted by molar-refractivity contribution is 0.601. The normalized spacial score (nSPS) is 11.8. The van der Waals surface area contributed by atoms with E-state index in [1.165, 1.54) is 0 Å². The average Bonchev–Trinajstić information content (AvgIpc) is 2.56. The second-order valence-electron chi connectivity index (χ2n) is 7.02. The zero-order chi connectivity index (χ0) is 18.4. The van der Waals surface area contributed by atoms with Gasteiger partial charge in [0.2, 0.25) is 0 Å². The third-order valence-corrected chi connectivity index (χ3v) is 5.44. The Labute approximate surface area is 151 Å². The molecule has 2 rings (SSSR count). The van der Waals surface area contributed by atoms with Gasteiger partial charge in [-0.1, -0.05) is 39.8 Å². The molecule has 2 N–H and O–H groups in total. The molecule has 0 fully saturated rings. The van der Waals surface area contributed by atoms with Crippen LogP contribution in [0, 0.1) is 5.92 Å². The monoisotopic (exact) mass is 360 g/mol. The Kier molecular flexibility index (Phi) is 6.48. The number of hydrogen-bond donors (Lipinski definition) is 2. The molecule has 0 saturated carbocycles. The van der Waals surface area contributed by atoms with Crippen LogP contribution in [0.2, 0.25) is 0 Å². The first-order valence-corrected chi connectivity index (χ1v) is 10.2. The minimum Gasteiger partial charge on any atom is -0.385 e. The van der Waals surface area contributed by atoms with E-state index in [0.29, 0.717) is 17.5 Å². The summed E-state index contributed by atoms with van der Waals surface area (Å²) in [7, 11) is -3.57. The largest absolute Gasteiger partial charge is 0.385 e. The van der Waals surface area contributed by atoms with Crippen molar-refractivity contribution in [1.82, 2.24) is 0 Å². The summed E-state index contributed by atoms with van der Waals surface area (Å²) >= 11 is 0. The molecule has 0 bridgehead atoms. The summed E-state index contributed by atoms with van der Waals surface area (Å²) in [5.41, 5.74) is 2.67. The van der Waals surface area contributed by atoms with Crippen molar-refractivity contribution in [2.24, 2.45) is 5.92 Å². The van der Waals surface area contributed by atoms with Crippen molar-refractivity contribution in [3.8, 4) is 0 Å². The number of hydrogen-bond acceptors (Lipinski definition) is 3. The number of anilines is 2. The maximum Gasteiger partial charge on any atom is 0.261 e. The molecule has 0 aliphatic rings. The minimum atomic E-state index is -3.57. The van der Waals surface area contributed by atoms with Crippen LogP contribution >= 0.6 is 0 Å². The fraction of sp³-hybridized carbons (Fsp3) is 0.400. The lowest BCUT2D eigenvalue weighted by Gasteiger charge is -2.12. The van der Waals surface area contributed by atoms with Crippen LogP contribution in [-0.2, 0) is 10.0 Å². The molecule has 0 heterocycles. The highest BCUT2D eigenvalue weighted by Crippen LogP contribution is 2.21. The first-order valence-electron chi connectivity index (χ1n) is 8.74. The molecule has 2 aromatic carbocycles. The average molecular weight is 361 g/mol. The highest BCUT2D eigenvalue weighted by atomic mass is 32.2. The Hall–Kier alpha value is -2.01. The van der Waals surface area contributed by atoms with E-state index in [-0.39, 0.29) is 4.90 Å². The predicted molar refractivity (Wildman–Crippen MR) is 106 cm³/mol. The van der Waals surface area contributed by atoms with Crippen molar-refractivity contribution in [3.05, 3.63) is 54.1 Å². The molecule has 0 atom stereocenters. The minimum absolute atomic E-state index is 0.274. The van der Waals surface area contributed by atoms with Crippen molar-refractivity contribution in [3.63, 3.8) is 0 Å². The second-order valence-corrected chi connectivity index (χ2v) is 8.70. The van der Waals surface area contributed by atoms with Crippen LogP contribution in [0.4, 0.5) is 11.4 Å². The van der Waals surface area contributed by atoms with E-state index in [9.17, 15) is 8.42 Å². The van der Waals surface area contributed by atoms with E-state index in [0.717, 1.165) is 24.2 Å². The summed E-state index contributed by atoms with van der Waals surface area (Å²) in [4.78, 5) is 0.274. The van der Waals surface area contributed by atoms with Crippen LogP contribution < -0.4 is 10.0 Å². The predicted octanol–water partition coefficient (Wildman–Crippen LogP) is 5.07. The Balaban J connectivity index is 2.02. The van der Waals surface area contributed by atoms with Gasteiger partial charge in [0.25, 0.3) is 10.0 Å². The molecule has 25 heavy (non-hydrogen) atoms. The Bertz CT molecular complexity index is 764. The molecule has 0 amide bonds. The van der Waals surface area contributed by atoms with Gasteiger partial charge in [0.1, 0.15) is 0 Å². The Morgan fingerprint density at radius 3 is 1.92 bits per heavy atom. The van der Waals surface area contributed by atoms with Crippen LogP contribution in [-0.4, -0.2) is 15.0 Å². The fourth-order valence-electron chi connectivity index (χ4n) is 2.41. The van der Waals surface area contributed by atoms with Gasteiger partial charge in [-0.15, -0.1) is 0 Å². The van der Waals surface area contributed by atoms with E-state index >= 15 is 0 Å². The maximum atomic E-state index is 12.5. The topological polar surface area (TPSA) is 58.2 Å². The van der Waals surface area contributed by atoms with Gasteiger partial charge in [0.15, 0.2) is 0 Å². The standard InChI is InChI=1S/C20H28N2O2S/c1-15(2)13-14-21-18-7-9-19(10-8-18)22-25(23,24)20-11-5-17(6-12-20)16(3)4/h5-12,15-16,21-22H,13-14H2,1-4H3. The van der Waals surface area contributed by atoms with E-state index < -0.39 is 10.0 Å². The van der Waals surface area contributed by atoms with E-state index in [1.54, 1.807) is 24.3 Å². The summed E-state index contributed by atoms with van der Waals surface area (Å²) in [6.45, 7) is 9.45. The Morgan fingerprint density at radius 1 is 0.840 bits per heavy atom. The second kappa shape index (κ2) is 8.39. The molecule has 4 nitrogen and oxygen atoms in total. The SMILES string of the molecule is CC(C)CCNc1ccc(NS(=O)(=O)c2ccc(C(C)C)cc2)cc1. The van der Waals surface area contributed by atoms with Crippen molar-refractivity contribution < 1.29 is 8.42 Å². The quantitative estimate of drug-likeness (QED) is 0.691. The van der Waals surface area contributed by atoms with Crippen LogP contribution in [0.5, 0.6) is 0 Å². The summed E-state index contributed by atoms with van der Waals surface area (Å²) in [6, 6.07) is 14.4. The van der Waals surface area contributed by atoms with E-state index in [2.05, 4.69) is 37.7 Å². The molecule has 0 spiro atoms. The fourth-order valence-corrected chi connectivity index (χ4v) is 3.47. The summed E-state index contributed by atoms with van der Waals surface area (Å²) in [5.74, 6) is 1.03. The summed E-state index contributed by atoms with van der Waals surface area (Å²) < 4.78 is 27.6. The zero-order valence-corrected chi connectivity index (χ0v) is 16.2. The first kappa shape index (κ1) is 19.3. The molecule has 0 radical (unpaired) electrons. The molecule has 5 heteroatoms. The van der Waals surface area contributed by atoms with Gasteiger partial charge in [0, 0.05) is 17.9 Å². The maximum absolute atomic E-state index is 12.5. The Morgan fingerprint density at radius 2 is 1.40 bits per heavy atom. The lowest BCUT2D eigenvalue weighted by atomic mass is 10.0. The number of benzene rings is 2. The van der Waals surface area contributed by atoms with Crippen molar-refractivity contribution >= 4 is 21.4 Å².